The van der Waals surface area contributed by atoms with E-state index in [1.165, 1.54) is 0 Å². The van der Waals surface area contributed by atoms with E-state index in [4.69, 9.17) is 0 Å². The van der Waals surface area contributed by atoms with Crippen molar-refractivity contribution in [3.63, 3.8) is 0 Å². The van der Waals surface area contributed by atoms with Gasteiger partial charge in [0.15, 0.2) is 0 Å². The van der Waals surface area contributed by atoms with Crippen LogP contribution in [-0.4, -0.2) is 38.3 Å². The van der Waals surface area contributed by atoms with Crippen molar-refractivity contribution in [3.8, 4) is 0 Å². The first-order valence-electron chi connectivity index (χ1n) is 5.79. The molecule has 0 aromatic carbocycles. The van der Waals surface area contributed by atoms with E-state index in [9.17, 15) is 9.90 Å². The molecule has 1 N–H and O–H groups in total. The molecule has 0 radical (unpaired) electrons. The molecule has 1 aromatic rings. The number of carboxylic acid groups (broad SMARTS) is 1. The highest BCUT2D eigenvalue weighted by molar-refractivity contribution is 5.77. The molecule has 96 valence electrons. The minimum atomic E-state index is -0.895. The van der Waals surface area contributed by atoms with Crippen LogP contribution in [-0.2, 0) is 11.3 Å². The van der Waals surface area contributed by atoms with Gasteiger partial charge in [-0.3, -0.25) is 14.4 Å². The van der Waals surface area contributed by atoms with E-state index in [0.717, 1.165) is 12.1 Å². The molecule has 5 nitrogen and oxygen atoms in total. The molecule has 0 fully saturated rings. The summed E-state index contributed by atoms with van der Waals surface area (Å²) in [5.74, 6) is -0.824. The van der Waals surface area contributed by atoms with Crippen LogP contribution in [0, 0.1) is 0 Å². The average Bonchev–Trinajstić information content (AvgIpc) is 2.75. The maximum Gasteiger partial charge on any atom is 0.323 e. The van der Waals surface area contributed by atoms with Crippen molar-refractivity contribution in [2.24, 2.45) is 0 Å². The second-order valence-corrected chi connectivity index (χ2v) is 4.78. The molecule has 0 aliphatic heterocycles. The lowest BCUT2D eigenvalue weighted by atomic mass is 10.00. The Hall–Kier alpha value is -1.36. The summed E-state index contributed by atoms with van der Waals surface area (Å²) in [6.07, 6.45) is 3.75. The van der Waals surface area contributed by atoms with Gasteiger partial charge in [-0.25, -0.2) is 0 Å². The molecular formula is C12H21N3O2. The lowest BCUT2D eigenvalue weighted by molar-refractivity contribution is -0.149. The van der Waals surface area contributed by atoms with E-state index in [2.05, 4.69) is 5.10 Å². The van der Waals surface area contributed by atoms with Gasteiger partial charge in [0.05, 0.1) is 6.20 Å². The molecule has 1 heterocycles. The number of rotatable bonds is 5. The Kier molecular flexibility index (Phi) is 3.93. The molecular weight excluding hydrogens is 218 g/mol. The van der Waals surface area contributed by atoms with Crippen molar-refractivity contribution in [1.29, 1.82) is 0 Å². The molecule has 0 spiro atoms. The molecule has 1 atom stereocenters. The van der Waals surface area contributed by atoms with Crippen molar-refractivity contribution in [3.05, 3.63) is 18.0 Å². The lowest BCUT2D eigenvalue weighted by Crippen LogP contribution is -2.48. The maximum absolute atomic E-state index is 11.2. The first-order valence-corrected chi connectivity index (χ1v) is 5.79. The van der Waals surface area contributed by atoms with E-state index in [0.29, 0.717) is 0 Å². The number of nitrogens with zero attached hydrogens (tertiary/aromatic N) is 3. The predicted molar refractivity (Wildman–Crippen MR) is 65.8 cm³/mol. The third kappa shape index (κ3) is 2.66. The van der Waals surface area contributed by atoms with Crippen LogP contribution in [0.15, 0.2) is 12.4 Å². The smallest absolute Gasteiger partial charge is 0.323 e. The summed E-state index contributed by atoms with van der Waals surface area (Å²) in [5, 5.41) is 13.4. The van der Waals surface area contributed by atoms with Gasteiger partial charge >= 0.3 is 5.97 Å². The summed E-state index contributed by atoms with van der Waals surface area (Å²) in [6, 6.07) is 0.0152. The van der Waals surface area contributed by atoms with Crippen LogP contribution < -0.4 is 0 Å². The zero-order valence-corrected chi connectivity index (χ0v) is 11.1. The normalized spacial score (nSPS) is 14.0. The Morgan fingerprint density at radius 1 is 1.65 bits per heavy atom. The van der Waals surface area contributed by atoms with Crippen molar-refractivity contribution >= 4 is 5.97 Å². The predicted octanol–water partition coefficient (Wildman–Crippen LogP) is 1.76. The summed E-state index contributed by atoms with van der Waals surface area (Å²) < 4.78 is 1.84. The fourth-order valence-electron chi connectivity index (χ4n) is 1.63. The Balaban J connectivity index is 2.89. The quantitative estimate of drug-likeness (QED) is 0.850. The topological polar surface area (TPSA) is 58.4 Å². The number of hydrogen-bond donors (Lipinski definition) is 1. The summed E-state index contributed by atoms with van der Waals surface area (Å²) in [5.41, 5.74) is 0.136. The molecule has 1 unspecified atom stereocenters. The molecule has 0 aliphatic rings. The summed E-state index contributed by atoms with van der Waals surface area (Å²) in [4.78, 5) is 13.0. The van der Waals surface area contributed by atoms with Crippen molar-refractivity contribution < 1.29 is 9.90 Å². The van der Waals surface area contributed by atoms with E-state index >= 15 is 0 Å². The fourth-order valence-corrected chi connectivity index (χ4v) is 1.63. The van der Waals surface area contributed by atoms with Crippen LogP contribution in [0.3, 0.4) is 0 Å². The number of aliphatic carboxylic acids is 1. The number of carbonyl (C=O) groups is 1. The van der Waals surface area contributed by atoms with Crippen LogP contribution in [0.2, 0.25) is 0 Å². The highest BCUT2D eigenvalue weighted by Crippen LogP contribution is 2.26. The second-order valence-electron chi connectivity index (χ2n) is 4.78. The Bertz CT molecular complexity index is 398. The Labute approximate surface area is 102 Å². The number of likely N-dealkylation sites (N-methyl/N-ethyl adjacent to an activating group) is 1. The minimum absolute atomic E-state index is 0.0152. The second kappa shape index (κ2) is 4.87. The monoisotopic (exact) mass is 239 g/mol. The molecule has 1 aromatic heterocycles. The molecule has 0 aliphatic carbocycles. The standard InChI is InChI=1S/C12H21N3O2/c1-6-15-8-10(7-13-15)9(2)14(5)12(3,4)11(16)17/h7-9H,6H2,1-5H3,(H,16,17). The van der Waals surface area contributed by atoms with Crippen LogP contribution in [0.1, 0.15) is 39.3 Å². The van der Waals surface area contributed by atoms with Gasteiger partial charge in [0.2, 0.25) is 0 Å². The summed E-state index contributed by atoms with van der Waals surface area (Å²) in [7, 11) is 1.82. The van der Waals surface area contributed by atoms with Gasteiger partial charge in [-0.15, -0.1) is 0 Å². The molecule has 1 rings (SSSR count). The highest BCUT2D eigenvalue weighted by Gasteiger charge is 2.35. The minimum Gasteiger partial charge on any atom is -0.480 e. The molecule has 5 heteroatoms. The van der Waals surface area contributed by atoms with Gasteiger partial charge in [0.1, 0.15) is 5.54 Å². The van der Waals surface area contributed by atoms with Crippen molar-refractivity contribution in [2.75, 3.05) is 7.05 Å². The molecule has 0 saturated heterocycles. The largest absolute Gasteiger partial charge is 0.480 e. The number of carboxylic acids is 1. The van der Waals surface area contributed by atoms with Gasteiger partial charge in [-0.05, 0) is 34.7 Å². The lowest BCUT2D eigenvalue weighted by Gasteiger charge is -2.35. The van der Waals surface area contributed by atoms with Gasteiger partial charge in [0, 0.05) is 24.3 Å². The summed E-state index contributed by atoms with van der Waals surface area (Å²) >= 11 is 0. The molecule has 0 bridgehead atoms. The summed E-state index contributed by atoms with van der Waals surface area (Å²) in [6.45, 7) is 8.24. The number of aryl methyl sites for hydroxylation is 1. The Morgan fingerprint density at radius 2 is 2.24 bits per heavy atom. The molecule has 0 saturated carbocycles. The average molecular weight is 239 g/mol. The fraction of sp³-hybridized carbons (Fsp3) is 0.667. The SMILES string of the molecule is CCn1cc(C(C)N(C)C(C)(C)C(=O)O)cn1. The maximum atomic E-state index is 11.2. The van der Waals surface area contributed by atoms with Crippen molar-refractivity contribution in [1.82, 2.24) is 14.7 Å². The first kappa shape index (κ1) is 13.7. The van der Waals surface area contributed by atoms with E-state index < -0.39 is 11.5 Å². The molecule has 17 heavy (non-hydrogen) atoms. The van der Waals surface area contributed by atoms with E-state index in [-0.39, 0.29) is 6.04 Å². The number of aromatic nitrogens is 2. The van der Waals surface area contributed by atoms with E-state index in [1.807, 2.05) is 36.7 Å². The van der Waals surface area contributed by atoms with Crippen LogP contribution in [0.5, 0.6) is 0 Å². The van der Waals surface area contributed by atoms with Gasteiger partial charge in [-0.2, -0.15) is 5.10 Å². The zero-order valence-electron chi connectivity index (χ0n) is 11.1. The van der Waals surface area contributed by atoms with Gasteiger partial charge in [0.25, 0.3) is 0 Å². The Morgan fingerprint density at radius 3 is 2.65 bits per heavy atom. The van der Waals surface area contributed by atoms with Crippen LogP contribution in [0.25, 0.3) is 0 Å². The van der Waals surface area contributed by atoms with Crippen LogP contribution in [0.4, 0.5) is 0 Å². The first-order chi connectivity index (χ1) is 7.80. The highest BCUT2D eigenvalue weighted by atomic mass is 16.4. The molecule has 0 amide bonds. The van der Waals surface area contributed by atoms with Crippen molar-refractivity contribution in [2.45, 2.75) is 45.8 Å². The van der Waals surface area contributed by atoms with Gasteiger partial charge < -0.3 is 5.11 Å². The van der Waals surface area contributed by atoms with Crippen LogP contribution >= 0.6 is 0 Å². The third-order valence-corrected chi connectivity index (χ3v) is 3.45. The van der Waals surface area contributed by atoms with E-state index in [1.54, 1.807) is 20.0 Å². The number of hydrogen-bond acceptors (Lipinski definition) is 3. The third-order valence-electron chi connectivity index (χ3n) is 3.45. The zero-order chi connectivity index (χ0) is 13.2. The van der Waals surface area contributed by atoms with Gasteiger partial charge in [-0.1, -0.05) is 0 Å².